The molecule has 108 valence electrons. The summed E-state index contributed by atoms with van der Waals surface area (Å²) >= 11 is 0. The fraction of sp³-hybridized carbons (Fsp3) is 0.231. The molecule has 0 atom stereocenters. The molecule has 1 amide bonds. The van der Waals surface area contributed by atoms with E-state index in [-0.39, 0.29) is 18.0 Å². The first-order valence-corrected chi connectivity index (χ1v) is 6.44. The lowest BCUT2D eigenvalue weighted by molar-refractivity contribution is -0.384. The van der Waals surface area contributed by atoms with Crippen LogP contribution in [-0.2, 0) is 17.8 Å². The number of nitrogens with one attached hydrogen (secondary N) is 2. The van der Waals surface area contributed by atoms with Crippen molar-refractivity contribution in [3.63, 3.8) is 0 Å². The molecule has 8 heteroatoms. The van der Waals surface area contributed by atoms with E-state index in [4.69, 9.17) is 0 Å². The molecule has 8 nitrogen and oxygen atoms in total. The number of nitro benzene ring substituents is 1. The highest BCUT2D eigenvalue weighted by atomic mass is 16.6. The minimum Gasteiger partial charge on any atom is -0.378 e. The molecule has 0 saturated carbocycles. The largest absolute Gasteiger partial charge is 0.378 e. The van der Waals surface area contributed by atoms with Crippen molar-refractivity contribution in [2.24, 2.45) is 0 Å². The number of nitrogens with zero attached hydrogens (tertiary/aromatic N) is 3. The number of imidazole rings is 1. The van der Waals surface area contributed by atoms with Crippen LogP contribution < -0.4 is 10.6 Å². The van der Waals surface area contributed by atoms with Gasteiger partial charge in [0, 0.05) is 37.2 Å². The lowest BCUT2D eigenvalue weighted by Gasteiger charge is -2.09. The maximum atomic E-state index is 11.4. The van der Waals surface area contributed by atoms with Crippen LogP contribution in [0.3, 0.4) is 0 Å². The molecule has 2 aromatic rings. The molecule has 0 unspecified atom stereocenters. The Bertz CT molecular complexity index is 696. The van der Waals surface area contributed by atoms with E-state index in [2.05, 4.69) is 15.6 Å². The summed E-state index contributed by atoms with van der Waals surface area (Å²) < 4.78 is 1.87. The topological polar surface area (TPSA) is 102 Å². The molecular formula is C13H13N5O3. The van der Waals surface area contributed by atoms with Gasteiger partial charge in [0.2, 0.25) is 5.91 Å². The lowest BCUT2D eigenvalue weighted by Crippen LogP contribution is -2.10. The van der Waals surface area contributed by atoms with Crippen molar-refractivity contribution < 1.29 is 9.72 Å². The van der Waals surface area contributed by atoms with Gasteiger partial charge in [0.25, 0.3) is 5.69 Å². The zero-order valence-electron chi connectivity index (χ0n) is 11.1. The highest BCUT2D eigenvalue weighted by Crippen LogP contribution is 2.34. The van der Waals surface area contributed by atoms with Gasteiger partial charge in [-0.3, -0.25) is 14.9 Å². The number of hydrogen-bond donors (Lipinski definition) is 2. The molecule has 0 fully saturated rings. The minimum absolute atomic E-state index is 0.0177. The first kappa shape index (κ1) is 13.1. The van der Waals surface area contributed by atoms with Crippen molar-refractivity contribution in [1.82, 2.24) is 9.55 Å². The first-order valence-electron chi connectivity index (χ1n) is 6.44. The number of nitro groups is 1. The summed E-state index contributed by atoms with van der Waals surface area (Å²) in [5.74, 6) is -0.144. The Hall–Kier alpha value is -2.90. The van der Waals surface area contributed by atoms with Gasteiger partial charge in [0.15, 0.2) is 0 Å². The summed E-state index contributed by atoms with van der Waals surface area (Å²) in [7, 11) is 0. The second kappa shape index (κ2) is 5.23. The van der Waals surface area contributed by atoms with Crippen LogP contribution >= 0.6 is 0 Å². The van der Waals surface area contributed by atoms with E-state index in [1.165, 1.54) is 6.07 Å². The number of rotatable bonds is 5. The SMILES string of the molecule is O=C1Cc2cc([N+](=O)[O-])c(NCCn3ccnc3)cc2N1. The minimum atomic E-state index is -0.442. The van der Waals surface area contributed by atoms with Crippen molar-refractivity contribution in [1.29, 1.82) is 0 Å². The molecule has 0 spiro atoms. The van der Waals surface area contributed by atoms with E-state index in [1.54, 1.807) is 18.6 Å². The number of hydrogen-bond acceptors (Lipinski definition) is 5. The standard InChI is InChI=1S/C13H13N5O3/c19-13-6-9-5-12(18(20)21)11(7-10(9)16-13)15-2-4-17-3-1-14-8-17/h1,3,5,7-8,15H,2,4,6H2,(H,16,19). The predicted octanol–water partition coefficient (Wildman–Crippen LogP) is 1.40. The van der Waals surface area contributed by atoms with Crippen LogP contribution in [0.1, 0.15) is 5.56 Å². The van der Waals surface area contributed by atoms with Crippen molar-refractivity contribution in [3.05, 3.63) is 46.5 Å². The van der Waals surface area contributed by atoms with Gasteiger partial charge in [-0.05, 0) is 11.6 Å². The third-order valence-electron chi connectivity index (χ3n) is 3.29. The van der Waals surface area contributed by atoms with E-state index in [0.29, 0.717) is 30.0 Å². The summed E-state index contributed by atoms with van der Waals surface area (Å²) in [5, 5.41) is 16.9. The normalized spacial score (nSPS) is 12.9. The smallest absolute Gasteiger partial charge is 0.292 e. The van der Waals surface area contributed by atoms with Gasteiger partial charge in [-0.2, -0.15) is 0 Å². The van der Waals surface area contributed by atoms with E-state index < -0.39 is 4.92 Å². The number of carbonyl (C=O) groups is 1. The van der Waals surface area contributed by atoms with Gasteiger partial charge in [-0.25, -0.2) is 4.98 Å². The zero-order chi connectivity index (χ0) is 14.8. The molecular weight excluding hydrogens is 274 g/mol. The fourth-order valence-electron chi connectivity index (χ4n) is 2.29. The van der Waals surface area contributed by atoms with Crippen LogP contribution in [0.25, 0.3) is 0 Å². The van der Waals surface area contributed by atoms with Crippen LogP contribution in [-0.4, -0.2) is 26.9 Å². The first-order chi connectivity index (χ1) is 10.1. The summed E-state index contributed by atoms with van der Waals surface area (Å²) in [6.45, 7) is 1.16. The zero-order valence-corrected chi connectivity index (χ0v) is 11.1. The Balaban J connectivity index is 1.78. The Kier molecular flexibility index (Phi) is 3.27. The summed E-state index contributed by atoms with van der Waals surface area (Å²) in [6.07, 6.45) is 5.36. The van der Waals surface area contributed by atoms with Gasteiger partial charge < -0.3 is 15.2 Å². The molecule has 1 aromatic carbocycles. The molecule has 0 bridgehead atoms. The van der Waals surface area contributed by atoms with Crippen molar-refractivity contribution >= 4 is 23.0 Å². The Morgan fingerprint density at radius 2 is 2.33 bits per heavy atom. The highest BCUT2D eigenvalue weighted by Gasteiger charge is 2.24. The lowest BCUT2D eigenvalue weighted by atomic mass is 10.1. The Labute approximate surface area is 119 Å². The average Bonchev–Trinajstić information content (AvgIpc) is 3.05. The number of benzene rings is 1. The third kappa shape index (κ3) is 2.69. The van der Waals surface area contributed by atoms with E-state index in [0.717, 1.165) is 0 Å². The molecule has 2 N–H and O–H groups in total. The molecule has 0 saturated heterocycles. The Morgan fingerprint density at radius 1 is 1.48 bits per heavy atom. The maximum Gasteiger partial charge on any atom is 0.292 e. The van der Waals surface area contributed by atoms with Crippen LogP contribution in [0.15, 0.2) is 30.9 Å². The van der Waals surface area contributed by atoms with Crippen molar-refractivity contribution in [3.8, 4) is 0 Å². The van der Waals surface area contributed by atoms with E-state index >= 15 is 0 Å². The van der Waals surface area contributed by atoms with Gasteiger partial charge >= 0.3 is 0 Å². The van der Waals surface area contributed by atoms with Gasteiger partial charge in [-0.15, -0.1) is 0 Å². The molecule has 1 aliphatic heterocycles. The highest BCUT2D eigenvalue weighted by molar-refractivity contribution is 6.00. The van der Waals surface area contributed by atoms with Crippen molar-refractivity contribution in [2.45, 2.75) is 13.0 Å². The summed E-state index contributed by atoms with van der Waals surface area (Å²) in [4.78, 5) is 26.0. The van der Waals surface area contributed by atoms with Gasteiger partial charge in [-0.1, -0.05) is 0 Å². The monoisotopic (exact) mass is 287 g/mol. The fourth-order valence-corrected chi connectivity index (χ4v) is 2.29. The van der Waals surface area contributed by atoms with Crippen LogP contribution in [0.5, 0.6) is 0 Å². The molecule has 21 heavy (non-hydrogen) atoms. The third-order valence-corrected chi connectivity index (χ3v) is 3.29. The predicted molar refractivity (Wildman–Crippen MR) is 76.1 cm³/mol. The van der Waals surface area contributed by atoms with E-state index in [1.807, 2.05) is 10.8 Å². The number of anilines is 2. The molecule has 0 radical (unpaired) electrons. The second-order valence-electron chi connectivity index (χ2n) is 4.74. The summed E-state index contributed by atoms with van der Waals surface area (Å²) in [6, 6.07) is 3.07. The van der Waals surface area contributed by atoms with Crippen LogP contribution in [0.2, 0.25) is 0 Å². The molecule has 2 heterocycles. The second-order valence-corrected chi connectivity index (χ2v) is 4.74. The van der Waals surface area contributed by atoms with E-state index in [9.17, 15) is 14.9 Å². The number of aromatic nitrogens is 2. The number of carbonyl (C=O) groups excluding carboxylic acids is 1. The quantitative estimate of drug-likeness (QED) is 0.639. The molecule has 0 aliphatic carbocycles. The average molecular weight is 287 g/mol. The number of amides is 1. The van der Waals surface area contributed by atoms with Gasteiger partial charge in [0.05, 0.1) is 17.7 Å². The number of fused-ring (bicyclic) bond motifs is 1. The van der Waals surface area contributed by atoms with Crippen molar-refractivity contribution in [2.75, 3.05) is 17.2 Å². The molecule has 1 aliphatic rings. The maximum absolute atomic E-state index is 11.4. The van der Waals surface area contributed by atoms with Crippen LogP contribution in [0, 0.1) is 10.1 Å². The molecule has 1 aromatic heterocycles. The van der Waals surface area contributed by atoms with Crippen LogP contribution in [0.4, 0.5) is 17.1 Å². The van der Waals surface area contributed by atoms with Gasteiger partial charge in [0.1, 0.15) is 5.69 Å². The Morgan fingerprint density at radius 3 is 3.05 bits per heavy atom. The summed E-state index contributed by atoms with van der Waals surface area (Å²) in [5.41, 5.74) is 1.68. The molecule has 3 rings (SSSR count).